The first kappa shape index (κ1) is 13.7. The Balaban J connectivity index is 1.52. The molecule has 3 aromatic heterocycles. The standard InChI is InChI=1S/C16H13N5OS/c1-2-5-14(21-8-3-7-18-21)13(4-1)17-10-15-19-16(20-22-15)12-6-9-23-11-12/h1-9,11,17H,10H2. The Morgan fingerprint density at radius 3 is 2.96 bits per heavy atom. The van der Waals surface area contributed by atoms with Gasteiger partial charge in [0.25, 0.3) is 0 Å². The molecule has 0 saturated carbocycles. The number of hydrogen-bond donors (Lipinski definition) is 1. The SMILES string of the molecule is c1ccc(-n2cccn2)c(NCc2nc(-c3ccsc3)no2)c1. The lowest BCUT2D eigenvalue weighted by molar-refractivity contribution is 0.384. The van der Waals surface area contributed by atoms with Crippen LogP contribution in [0.1, 0.15) is 5.89 Å². The van der Waals surface area contributed by atoms with E-state index < -0.39 is 0 Å². The molecule has 0 aliphatic rings. The number of nitrogens with one attached hydrogen (secondary N) is 1. The summed E-state index contributed by atoms with van der Waals surface area (Å²) in [6, 6.07) is 11.8. The van der Waals surface area contributed by atoms with Crippen molar-refractivity contribution in [3.8, 4) is 17.1 Å². The van der Waals surface area contributed by atoms with Crippen LogP contribution in [0.3, 0.4) is 0 Å². The zero-order valence-electron chi connectivity index (χ0n) is 12.1. The molecule has 0 aliphatic heterocycles. The van der Waals surface area contributed by atoms with Crippen LogP contribution in [0.15, 0.2) is 64.1 Å². The molecule has 0 saturated heterocycles. The Morgan fingerprint density at radius 2 is 2.13 bits per heavy atom. The highest BCUT2D eigenvalue weighted by molar-refractivity contribution is 7.08. The third kappa shape index (κ3) is 2.86. The molecule has 6 nitrogen and oxygen atoms in total. The number of anilines is 1. The van der Waals surface area contributed by atoms with Crippen molar-refractivity contribution >= 4 is 17.0 Å². The van der Waals surface area contributed by atoms with E-state index >= 15 is 0 Å². The number of hydrogen-bond acceptors (Lipinski definition) is 6. The first-order valence-electron chi connectivity index (χ1n) is 7.08. The number of para-hydroxylation sites is 2. The first-order chi connectivity index (χ1) is 11.4. The van der Waals surface area contributed by atoms with Gasteiger partial charge in [-0.1, -0.05) is 17.3 Å². The second-order valence-corrected chi connectivity index (χ2v) is 5.63. The van der Waals surface area contributed by atoms with Gasteiger partial charge in [-0.2, -0.15) is 21.4 Å². The van der Waals surface area contributed by atoms with Crippen molar-refractivity contribution in [2.45, 2.75) is 6.54 Å². The normalized spacial score (nSPS) is 10.8. The number of nitrogens with zero attached hydrogens (tertiary/aromatic N) is 4. The van der Waals surface area contributed by atoms with Gasteiger partial charge in [0.2, 0.25) is 11.7 Å². The number of thiophene rings is 1. The monoisotopic (exact) mass is 323 g/mol. The minimum Gasteiger partial charge on any atom is -0.374 e. The van der Waals surface area contributed by atoms with Crippen molar-refractivity contribution < 1.29 is 4.52 Å². The van der Waals surface area contributed by atoms with Gasteiger partial charge in [0.05, 0.1) is 17.9 Å². The smallest absolute Gasteiger partial charge is 0.246 e. The molecular formula is C16H13N5OS. The van der Waals surface area contributed by atoms with E-state index in [0.29, 0.717) is 18.3 Å². The molecule has 23 heavy (non-hydrogen) atoms. The highest BCUT2D eigenvalue weighted by Crippen LogP contribution is 2.21. The Hall–Kier alpha value is -2.93. The Kier molecular flexibility index (Phi) is 3.61. The van der Waals surface area contributed by atoms with Crippen LogP contribution in [-0.4, -0.2) is 19.9 Å². The second kappa shape index (κ2) is 6.05. The molecule has 0 unspecified atom stereocenters. The van der Waals surface area contributed by atoms with Gasteiger partial charge in [-0.25, -0.2) is 4.68 Å². The molecule has 114 valence electrons. The highest BCUT2D eigenvalue weighted by Gasteiger charge is 2.10. The van der Waals surface area contributed by atoms with Crippen LogP contribution < -0.4 is 5.32 Å². The maximum absolute atomic E-state index is 5.30. The summed E-state index contributed by atoms with van der Waals surface area (Å²) in [6.07, 6.45) is 3.66. The van der Waals surface area contributed by atoms with Crippen LogP contribution in [0, 0.1) is 0 Å². The van der Waals surface area contributed by atoms with Gasteiger partial charge >= 0.3 is 0 Å². The molecule has 0 aliphatic carbocycles. The number of benzene rings is 1. The fourth-order valence-corrected chi connectivity index (χ4v) is 2.88. The second-order valence-electron chi connectivity index (χ2n) is 4.85. The fraction of sp³-hybridized carbons (Fsp3) is 0.0625. The van der Waals surface area contributed by atoms with Gasteiger partial charge < -0.3 is 9.84 Å². The van der Waals surface area contributed by atoms with Gasteiger partial charge in [0, 0.05) is 23.3 Å². The van der Waals surface area contributed by atoms with Crippen LogP contribution in [-0.2, 0) is 6.54 Å². The molecule has 7 heteroatoms. The summed E-state index contributed by atoms with van der Waals surface area (Å²) >= 11 is 1.61. The predicted octanol–water partition coefficient (Wildman–Crippen LogP) is 3.60. The van der Waals surface area contributed by atoms with Crippen LogP contribution in [0.2, 0.25) is 0 Å². The molecule has 0 spiro atoms. The molecule has 0 fully saturated rings. The molecule has 0 bridgehead atoms. The van der Waals surface area contributed by atoms with E-state index in [4.69, 9.17) is 4.52 Å². The molecule has 1 aromatic carbocycles. The summed E-state index contributed by atoms with van der Waals surface area (Å²) in [4.78, 5) is 4.40. The largest absolute Gasteiger partial charge is 0.374 e. The van der Waals surface area contributed by atoms with E-state index in [1.165, 1.54) is 0 Å². The maximum atomic E-state index is 5.30. The van der Waals surface area contributed by atoms with Crippen LogP contribution in [0.5, 0.6) is 0 Å². The highest BCUT2D eigenvalue weighted by atomic mass is 32.1. The van der Waals surface area contributed by atoms with Gasteiger partial charge in [-0.05, 0) is 29.6 Å². The Labute approximate surface area is 136 Å². The van der Waals surface area contributed by atoms with E-state index in [1.54, 1.807) is 17.5 Å². The summed E-state index contributed by atoms with van der Waals surface area (Å²) in [6.45, 7) is 0.454. The zero-order chi connectivity index (χ0) is 15.5. The van der Waals surface area contributed by atoms with E-state index in [2.05, 4.69) is 20.6 Å². The van der Waals surface area contributed by atoms with Crippen molar-refractivity contribution in [1.29, 1.82) is 0 Å². The van der Waals surface area contributed by atoms with E-state index in [1.807, 2.05) is 58.0 Å². The minimum absolute atomic E-state index is 0.454. The molecule has 4 aromatic rings. The average molecular weight is 323 g/mol. The lowest BCUT2D eigenvalue weighted by Gasteiger charge is -2.10. The topological polar surface area (TPSA) is 68.8 Å². The van der Waals surface area contributed by atoms with Crippen LogP contribution in [0.4, 0.5) is 5.69 Å². The maximum Gasteiger partial charge on any atom is 0.246 e. The van der Waals surface area contributed by atoms with Crippen molar-refractivity contribution in [2.75, 3.05) is 5.32 Å². The Bertz CT molecular complexity index is 883. The van der Waals surface area contributed by atoms with Gasteiger partial charge in [-0.15, -0.1) is 0 Å². The van der Waals surface area contributed by atoms with Crippen LogP contribution in [0.25, 0.3) is 17.1 Å². The molecule has 1 N–H and O–H groups in total. The predicted molar refractivity (Wildman–Crippen MR) is 88.5 cm³/mol. The molecule has 0 radical (unpaired) electrons. The minimum atomic E-state index is 0.454. The summed E-state index contributed by atoms with van der Waals surface area (Å²) < 4.78 is 7.11. The Morgan fingerprint density at radius 1 is 1.17 bits per heavy atom. The van der Waals surface area contributed by atoms with Gasteiger partial charge in [-0.3, -0.25) is 0 Å². The van der Waals surface area contributed by atoms with Crippen molar-refractivity contribution in [1.82, 2.24) is 19.9 Å². The summed E-state index contributed by atoms with van der Waals surface area (Å²) in [7, 11) is 0. The van der Waals surface area contributed by atoms with E-state index in [9.17, 15) is 0 Å². The van der Waals surface area contributed by atoms with Gasteiger partial charge in [0.1, 0.15) is 0 Å². The average Bonchev–Trinajstić information content (AvgIpc) is 3.35. The van der Waals surface area contributed by atoms with Crippen LogP contribution >= 0.6 is 11.3 Å². The fourth-order valence-electron chi connectivity index (χ4n) is 2.24. The zero-order valence-corrected chi connectivity index (χ0v) is 12.9. The molecule has 0 amide bonds. The molecule has 0 atom stereocenters. The molecule has 3 heterocycles. The molecule has 4 rings (SSSR count). The first-order valence-corrected chi connectivity index (χ1v) is 8.02. The van der Waals surface area contributed by atoms with Gasteiger partial charge in [0.15, 0.2) is 0 Å². The summed E-state index contributed by atoms with van der Waals surface area (Å²) in [5.41, 5.74) is 2.89. The quantitative estimate of drug-likeness (QED) is 0.608. The van der Waals surface area contributed by atoms with Crippen molar-refractivity contribution in [3.05, 3.63) is 65.4 Å². The lowest BCUT2D eigenvalue weighted by atomic mass is 10.2. The summed E-state index contributed by atoms with van der Waals surface area (Å²) in [5.74, 6) is 1.16. The van der Waals surface area contributed by atoms with E-state index in [0.717, 1.165) is 16.9 Å². The third-order valence-corrected chi connectivity index (χ3v) is 4.02. The lowest BCUT2D eigenvalue weighted by Crippen LogP contribution is -2.05. The number of aromatic nitrogens is 4. The van der Waals surface area contributed by atoms with Crippen molar-refractivity contribution in [2.24, 2.45) is 0 Å². The number of rotatable bonds is 5. The van der Waals surface area contributed by atoms with E-state index in [-0.39, 0.29) is 0 Å². The molecular weight excluding hydrogens is 310 g/mol. The van der Waals surface area contributed by atoms with Crippen molar-refractivity contribution in [3.63, 3.8) is 0 Å². The summed E-state index contributed by atoms with van der Waals surface area (Å²) in [5, 5.41) is 15.6. The third-order valence-electron chi connectivity index (χ3n) is 3.33.